The molecule has 0 aromatic heterocycles. The number of nitrogens with zero attached hydrogens (tertiary/aromatic N) is 1. The van der Waals surface area contributed by atoms with E-state index in [4.69, 9.17) is 0 Å². The summed E-state index contributed by atoms with van der Waals surface area (Å²) in [5, 5.41) is 11.0. The highest BCUT2D eigenvalue weighted by molar-refractivity contribution is 4.72. The van der Waals surface area contributed by atoms with Crippen molar-refractivity contribution in [3.8, 4) is 0 Å². The molecule has 1 aliphatic heterocycles. The minimum absolute atomic E-state index is 0.439. The number of rotatable bonds is 3. The lowest BCUT2D eigenvalue weighted by Gasteiger charge is -2.23. The third kappa shape index (κ3) is 2.64. The monoisotopic (exact) mass is 142 g/mol. The number of hydrogen-bond donors (Lipinski definition) is 2. The molecule has 1 radical (unpaired) electrons. The predicted molar refractivity (Wildman–Crippen MR) is 42.0 cm³/mol. The largest absolute Gasteiger partial charge is 0.301 e. The molecule has 1 unspecified atom stereocenters. The molecule has 0 spiro atoms. The molecule has 3 nitrogen and oxygen atoms in total. The second-order valence-corrected chi connectivity index (χ2v) is 2.59. The fourth-order valence-corrected chi connectivity index (χ4v) is 1.06. The molecule has 10 heavy (non-hydrogen) atoms. The zero-order valence-electron chi connectivity index (χ0n) is 6.56. The van der Waals surface area contributed by atoms with Gasteiger partial charge in [-0.15, -0.1) is 0 Å². The Bertz CT molecular complexity index is 78.9. The SMILES string of the molecule is CCCNC1C[N]CCN1. The molecule has 0 aliphatic carbocycles. The van der Waals surface area contributed by atoms with Crippen molar-refractivity contribution >= 4 is 0 Å². The summed E-state index contributed by atoms with van der Waals surface area (Å²) in [5.41, 5.74) is 0. The van der Waals surface area contributed by atoms with Crippen LogP contribution >= 0.6 is 0 Å². The van der Waals surface area contributed by atoms with E-state index in [9.17, 15) is 0 Å². The van der Waals surface area contributed by atoms with Gasteiger partial charge in [-0.3, -0.25) is 5.32 Å². The minimum Gasteiger partial charge on any atom is -0.301 e. The molecule has 59 valence electrons. The van der Waals surface area contributed by atoms with Gasteiger partial charge in [0.2, 0.25) is 0 Å². The van der Waals surface area contributed by atoms with E-state index in [2.05, 4.69) is 22.9 Å². The first-order valence-electron chi connectivity index (χ1n) is 4.03. The van der Waals surface area contributed by atoms with Crippen LogP contribution in [0.4, 0.5) is 0 Å². The second-order valence-electron chi connectivity index (χ2n) is 2.59. The van der Waals surface area contributed by atoms with Crippen LogP contribution in [0.15, 0.2) is 0 Å². The molecule has 1 atom stereocenters. The molecule has 0 aromatic carbocycles. The maximum absolute atomic E-state index is 4.29. The Kier molecular flexibility index (Phi) is 3.72. The lowest BCUT2D eigenvalue weighted by Crippen LogP contribution is -2.53. The van der Waals surface area contributed by atoms with Gasteiger partial charge in [-0.1, -0.05) is 6.92 Å². The summed E-state index contributed by atoms with van der Waals surface area (Å²) in [6.45, 7) is 6.20. The van der Waals surface area contributed by atoms with E-state index in [1.807, 2.05) is 0 Å². The van der Waals surface area contributed by atoms with Crippen LogP contribution in [0.3, 0.4) is 0 Å². The molecule has 2 N–H and O–H groups in total. The Balaban J connectivity index is 2.02. The standard InChI is InChI=1S/C7H16N3/c1-2-3-9-7-6-8-4-5-10-7/h7,9-10H,2-6H2,1H3. The highest BCUT2D eigenvalue weighted by Gasteiger charge is 2.09. The first-order valence-corrected chi connectivity index (χ1v) is 4.03. The van der Waals surface area contributed by atoms with Gasteiger partial charge in [0.25, 0.3) is 0 Å². The Morgan fingerprint density at radius 3 is 3.20 bits per heavy atom. The van der Waals surface area contributed by atoms with E-state index >= 15 is 0 Å². The molecule has 1 fully saturated rings. The van der Waals surface area contributed by atoms with Gasteiger partial charge in [0, 0.05) is 19.6 Å². The van der Waals surface area contributed by atoms with Gasteiger partial charge in [-0.2, -0.15) is 0 Å². The Hall–Kier alpha value is -0.120. The first kappa shape index (κ1) is 7.98. The lowest BCUT2D eigenvalue weighted by atomic mass is 10.3. The van der Waals surface area contributed by atoms with Crippen molar-refractivity contribution in [1.29, 1.82) is 0 Å². The molecule has 1 rings (SSSR count). The fraction of sp³-hybridized carbons (Fsp3) is 1.00. The number of nitrogens with one attached hydrogen (secondary N) is 2. The summed E-state index contributed by atoms with van der Waals surface area (Å²) in [5.74, 6) is 0. The summed E-state index contributed by atoms with van der Waals surface area (Å²) in [6, 6.07) is 0. The molecule has 1 heterocycles. The summed E-state index contributed by atoms with van der Waals surface area (Å²) < 4.78 is 0. The van der Waals surface area contributed by atoms with Crippen molar-refractivity contribution in [2.45, 2.75) is 19.5 Å². The van der Waals surface area contributed by atoms with Crippen molar-refractivity contribution in [1.82, 2.24) is 16.0 Å². The van der Waals surface area contributed by atoms with Gasteiger partial charge < -0.3 is 5.32 Å². The molecule has 0 amide bonds. The Morgan fingerprint density at radius 1 is 1.70 bits per heavy atom. The van der Waals surface area contributed by atoms with Gasteiger partial charge in [-0.05, 0) is 13.0 Å². The summed E-state index contributed by atoms with van der Waals surface area (Å²) in [4.78, 5) is 0. The summed E-state index contributed by atoms with van der Waals surface area (Å²) in [7, 11) is 0. The first-order chi connectivity index (χ1) is 4.93. The van der Waals surface area contributed by atoms with Crippen LogP contribution in [0.1, 0.15) is 13.3 Å². The van der Waals surface area contributed by atoms with E-state index in [1.165, 1.54) is 6.42 Å². The molecule has 0 bridgehead atoms. The van der Waals surface area contributed by atoms with Crippen LogP contribution in [0.5, 0.6) is 0 Å². The predicted octanol–water partition coefficient (Wildman–Crippen LogP) is -0.480. The van der Waals surface area contributed by atoms with Crippen LogP contribution in [-0.4, -0.2) is 32.3 Å². The summed E-state index contributed by atoms with van der Waals surface area (Å²) in [6.07, 6.45) is 1.63. The Labute approximate surface area is 62.6 Å². The maximum atomic E-state index is 4.29. The molecular formula is C7H16N3. The Morgan fingerprint density at radius 2 is 2.60 bits per heavy atom. The van der Waals surface area contributed by atoms with E-state index in [0.717, 1.165) is 26.2 Å². The van der Waals surface area contributed by atoms with Crippen molar-refractivity contribution in [3.63, 3.8) is 0 Å². The van der Waals surface area contributed by atoms with Gasteiger partial charge in [-0.25, -0.2) is 5.32 Å². The molecule has 0 aromatic rings. The van der Waals surface area contributed by atoms with Crippen molar-refractivity contribution in [3.05, 3.63) is 0 Å². The van der Waals surface area contributed by atoms with Crippen LogP contribution < -0.4 is 16.0 Å². The van der Waals surface area contributed by atoms with Gasteiger partial charge in [0.05, 0.1) is 6.17 Å². The highest BCUT2D eigenvalue weighted by atomic mass is 15.2. The smallest absolute Gasteiger partial charge is 0.0717 e. The van der Waals surface area contributed by atoms with E-state index in [-0.39, 0.29) is 0 Å². The minimum atomic E-state index is 0.439. The zero-order valence-corrected chi connectivity index (χ0v) is 6.56. The van der Waals surface area contributed by atoms with Crippen LogP contribution in [0.2, 0.25) is 0 Å². The van der Waals surface area contributed by atoms with Gasteiger partial charge >= 0.3 is 0 Å². The van der Waals surface area contributed by atoms with Gasteiger partial charge in [0.15, 0.2) is 0 Å². The van der Waals surface area contributed by atoms with Crippen molar-refractivity contribution in [2.24, 2.45) is 0 Å². The van der Waals surface area contributed by atoms with Crippen LogP contribution in [-0.2, 0) is 0 Å². The molecule has 3 heteroatoms. The topological polar surface area (TPSA) is 38.2 Å². The quantitative estimate of drug-likeness (QED) is 0.558. The highest BCUT2D eigenvalue weighted by Crippen LogP contribution is 1.83. The zero-order chi connectivity index (χ0) is 7.23. The average molecular weight is 142 g/mol. The molecule has 1 saturated heterocycles. The normalized spacial score (nSPS) is 26.7. The molecule has 1 aliphatic rings. The van der Waals surface area contributed by atoms with E-state index in [1.54, 1.807) is 0 Å². The van der Waals surface area contributed by atoms with Crippen molar-refractivity contribution < 1.29 is 0 Å². The fourth-order valence-electron chi connectivity index (χ4n) is 1.06. The average Bonchev–Trinajstić information content (AvgIpc) is 2.03. The van der Waals surface area contributed by atoms with E-state index in [0.29, 0.717) is 6.17 Å². The third-order valence-corrected chi connectivity index (χ3v) is 1.61. The molecule has 0 saturated carbocycles. The van der Waals surface area contributed by atoms with Crippen LogP contribution in [0, 0.1) is 0 Å². The van der Waals surface area contributed by atoms with E-state index < -0.39 is 0 Å². The number of hydrogen-bond acceptors (Lipinski definition) is 2. The lowest BCUT2D eigenvalue weighted by molar-refractivity contribution is 0.356. The number of piperazine rings is 1. The van der Waals surface area contributed by atoms with Crippen molar-refractivity contribution in [2.75, 3.05) is 26.2 Å². The maximum Gasteiger partial charge on any atom is 0.0717 e. The summed E-state index contributed by atoms with van der Waals surface area (Å²) >= 11 is 0. The second kappa shape index (κ2) is 4.66. The molecular weight excluding hydrogens is 126 g/mol. The third-order valence-electron chi connectivity index (χ3n) is 1.61. The van der Waals surface area contributed by atoms with Crippen LogP contribution in [0.25, 0.3) is 0 Å². The van der Waals surface area contributed by atoms with Gasteiger partial charge in [0.1, 0.15) is 0 Å².